The molecular weight excluding hydrogens is 292 g/mol. The van der Waals surface area contributed by atoms with Crippen LogP contribution in [-0.4, -0.2) is 61.2 Å². The molecule has 0 spiro atoms. The lowest BCUT2D eigenvalue weighted by molar-refractivity contribution is -0.153. The molecule has 0 radical (unpaired) electrons. The van der Waals surface area contributed by atoms with E-state index in [9.17, 15) is 4.79 Å². The first-order valence-electron chi connectivity index (χ1n) is 8.49. The van der Waals surface area contributed by atoms with Gasteiger partial charge in [-0.1, -0.05) is 12.1 Å². The van der Waals surface area contributed by atoms with Gasteiger partial charge in [-0.05, 0) is 36.5 Å². The van der Waals surface area contributed by atoms with Crippen LogP contribution in [0.4, 0.5) is 0 Å². The number of nitrogens with zero attached hydrogens (tertiary/aromatic N) is 2. The number of amides is 1. The molecule has 1 aromatic carbocycles. The van der Waals surface area contributed by atoms with Gasteiger partial charge in [-0.15, -0.1) is 0 Å². The van der Waals surface area contributed by atoms with Gasteiger partial charge in [-0.2, -0.15) is 0 Å². The van der Waals surface area contributed by atoms with Gasteiger partial charge in [0.1, 0.15) is 12.4 Å². The van der Waals surface area contributed by atoms with Crippen molar-refractivity contribution in [2.75, 3.05) is 33.4 Å². The molecule has 1 aromatic rings. The lowest BCUT2D eigenvalue weighted by Crippen LogP contribution is -2.54. The van der Waals surface area contributed by atoms with Crippen molar-refractivity contribution in [3.63, 3.8) is 0 Å². The summed E-state index contributed by atoms with van der Waals surface area (Å²) in [7, 11) is 1.68. The fraction of sp³-hybridized carbons (Fsp3) is 0.611. The summed E-state index contributed by atoms with van der Waals surface area (Å²) in [6, 6.07) is 8.44. The van der Waals surface area contributed by atoms with Crippen LogP contribution < -0.4 is 4.74 Å². The quantitative estimate of drug-likeness (QED) is 0.826. The van der Waals surface area contributed by atoms with Crippen molar-refractivity contribution in [3.05, 3.63) is 29.8 Å². The Bertz CT molecular complexity index is 570. The van der Waals surface area contributed by atoms with E-state index < -0.39 is 0 Å². The number of hydrogen-bond acceptors (Lipinski definition) is 4. The predicted octanol–water partition coefficient (Wildman–Crippen LogP) is 1.52. The highest BCUT2D eigenvalue weighted by molar-refractivity contribution is 5.78. The average Bonchev–Trinajstić information content (AvgIpc) is 3.29. The topological polar surface area (TPSA) is 42.0 Å². The Hall–Kier alpha value is -1.59. The third-order valence-corrected chi connectivity index (χ3v) is 5.17. The third-order valence-electron chi connectivity index (χ3n) is 5.17. The first kappa shape index (κ1) is 15.0. The Morgan fingerprint density at radius 3 is 2.70 bits per heavy atom. The Kier molecular flexibility index (Phi) is 3.99. The van der Waals surface area contributed by atoms with Crippen molar-refractivity contribution in [1.82, 2.24) is 9.80 Å². The fourth-order valence-corrected chi connectivity index (χ4v) is 3.68. The predicted molar refractivity (Wildman–Crippen MR) is 86.2 cm³/mol. The first-order chi connectivity index (χ1) is 11.2. The highest BCUT2D eigenvalue weighted by Crippen LogP contribution is 2.33. The summed E-state index contributed by atoms with van der Waals surface area (Å²) in [6.07, 6.45) is 2.72. The summed E-state index contributed by atoms with van der Waals surface area (Å²) < 4.78 is 11.0. The van der Waals surface area contributed by atoms with E-state index in [0.29, 0.717) is 0 Å². The lowest BCUT2D eigenvalue weighted by Gasteiger charge is -2.36. The maximum absolute atomic E-state index is 12.2. The van der Waals surface area contributed by atoms with E-state index in [0.717, 1.165) is 37.8 Å². The minimum Gasteiger partial charge on any atom is -0.497 e. The van der Waals surface area contributed by atoms with Gasteiger partial charge in [-0.3, -0.25) is 9.69 Å². The Balaban J connectivity index is 1.41. The molecule has 23 heavy (non-hydrogen) atoms. The standard InChI is InChI=1S/C18H24N2O3/c1-22-15-6-4-13(5-7-15)8-19-10-16-17(11-19)23-12-18(21)20(16)9-14-2-3-14/h4-7,14,16-17H,2-3,8-12H2,1H3/t16-,17+/m1/s1. The summed E-state index contributed by atoms with van der Waals surface area (Å²) in [5.74, 6) is 1.78. The number of rotatable bonds is 5. The number of hydrogen-bond donors (Lipinski definition) is 0. The van der Waals surface area contributed by atoms with E-state index in [1.165, 1.54) is 18.4 Å². The van der Waals surface area contributed by atoms with Gasteiger partial charge in [0.2, 0.25) is 5.91 Å². The highest BCUT2D eigenvalue weighted by atomic mass is 16.5. The van der Waals surface area contributed by atoms with Gasteiger partial charge in [0.15, 0.2) is 0 Å². The second-order valence-electron chi connectivity index (χ2n) is 6.95. The average molecular weight is 316 g/mol. The first-order valence-corrected chi connectivity index (χ1v) is 8.49. The number of carbonyl (C=O) groups is 1. The second-order valence-corrected chi connectivity index (χ2v) is 6.95. The van der Waals surface area contributed by atoms with Crippen LogP contribution in [0.1, 0.15) is 18.4 Å². The van der Waals surface area contributed by atoms with Crippen molar-refractivity contribution in [3.8, 4) is 5.75 Å². The molecule has 5 nitrogen and oxygen atoms in total. The SMILES string of the molecule is COc1ccc(CN2C[C@@H]3OCC(=O)N(CC4CC4)[C@@H]3C2)cc1. The number of ether oxygens (including phenoxy) is 2. The number of carbonyl (C=O) groups excluding carboxylic acids is 1. The van der Waals surface area contributed by atoms with Crippen molar-refractivity contribution in [2.24, 2.45) is 5.92 Å². The number of methoxy groups -OCH3 is 1. The molecule has 0 N–H and O–H groups in total. The fourth-order valence-electron chi connectivity index (χ4n) is 3.68. The van der Waals surface area contributed by atoms with Crippen LogP contribution in [0.2, 0.25) is 0 Å². The minimum absolute atomic E-state index is 0.171. The van der Waals surface area contributed by atoms with Crippen molar-refractivity contribution in [2.45, 2.75) is 31.5 Å². The van der Waals surface area contributed by atoms with E-state index in [1.54, 1.807) is 7.11 Å². The van der Waals surface area contributed by atoms with E-state index in [2.05, 4.69) is 21.9 Å². The smallest absolute Gasteiger partial charge is 0.248 e. The molecule has 4 rings (SSSR count). The third kappa shape index (κ3) is 3.21. The molecule has 3 fully saturated rings. The van der Waals surface area contributed by atoms with Gasteiger partial charge in [0.05, 0.1) is 19.3 Å². The molecule has 2 aliphatic heterocycles. The molecule has 0 aromatic heterocycles. The van der Waals surface area contributed by atoms with Crippen LogP contribution in [0.3, 0.4) is 0 Å². The Morgan fingerprint density at radius 2 is 2.00 bits per heavy atom. The molecule has 1 amide bonds. The molecule has 1 aliphatic carbocycles. The molecule has 3 aliphatic rings. The number of likely N-dealkylation sites (tertiary alicyclic amines) is 1. The minimum atomic E-state index is 0.171. The van der Waals surface area contributed by atoms with Gasteiger partial charge >= 0.3 is 0 Å². The normalized spacial score (nSPS) is 28.0. The number of benzene rings is 1. The maximum Gasteiger partial charge on any atom is 0.248 e. The largest absolute Gasteiger partial charge is 0.497 e. The molecule has 1 saturated carbocycles. The molecule has 2 heterocycles. The van der Waals surface area contributed by atoms with Crippen LogP contribution in [0, 0.1) is 5.92 Å². The van der Waals surface area contributed by atoms with Crippen molar-refractivity contribution < 1.29 is 14.3 Å². The van der Waals surface area contributed by atoms with Crippen LogP contribution in [0.15, 0.2) is 24.3 Å². The van der Waals surface area contributed by atoms with Crippen LogP contribution in [0.5, 0.6) is 5.75 Å². The monoisotopic (exact) mass is 316 g/mol. The van der Waals surface area contributed by atoms with Crippen LogP contribution >= 0.6 is 0 Å². The van der Waals surface area contributed by atoms with Gasteiger partial charge < -0.3 is 14.4 Å². The molecule has 2 saturated heterocycles. The molecule has 0 unspecified atom stereocenters. The van der Waals surface area contributed by atoms with E-state index in [1.807, 2.05) is 12.1 Å². The van der Waals surface area contributed by atoms with E-state index >= 15 is 0 Å². The van der Waals surface area contributed by atoms with Gasteiger partial charge in [0, 0.05) is 26.2 Å². The zero-order chi connectivity index (χ0) is 15.8. The zero-order valence-corrected chi connectivity index (χ0v) is 13.6. The Labute approximate surface area is 137 Å². The summed E-state index contributed by atoms with van der Waals surface area (Å²) >= 11 is 0. The van der Waals surface area contributed by atoms with Gasteiger partial charge in [0.25, 0.3) is 0 Å². The highest BCUT2D eigenvalue weighted by Gasteiger charge is 2.44. The molecular formula is C18H24N2O3. The molecule has 2 atom stereocenters. The number of morpholine rings is 1. The summed E-state index contributed by atoms with van der Waals surface area (Å²) in [5.41, 5.74) is 1.27. The zero-order valence-electron chi connectivity index (χ0n) is 13.6. The van der Waals surface area contributed by atoms with Crippen LogP contribution in [-0.2, 0) is 16.1 Å². The van der Waals surface area contributed by atoms with Crippen molar-refractivity contribution in [1.29, 1.82) is 0 Å². The molecule has 0 bridgehead atoms. The van der Waals surface area contributed by atoms with Crippen molar-refractivity contribution >= 4 is 5.91 Å². The molecule has 5 heteroatoms. The van der Waals surface area contributed by atoms with E-state index in [4.69, 9.17) is 9.47 Å². The van der Waals surface area contributed by atoms with Crippen LogP contribution in [0.25, 0.3) is 0 Å². The number of fused-ring (bicyclic) bond motifs is 1. The lowest BCUT2D eigenvalue weighted by atomic mass is 10.1. The second kappa shape index (κ2) is 6.13. The maximum atomic E-state index is 12.2. The Morgan fingerprint density at radius 1 is 1.22 bits per heavy atom. The summed E-state index contributed by atoms with van der Waals surface area (Å²) in [4.78, 5) is 16.7. The molecule has 124 valence electrons. The summed E-state index contributed by atoms with van der Waals surface area (Å²) in [6.45, 7) is 3.90. The summed E-state index contributed by atoms with van der Waals surface area (Å²) in [5, 5.41) is 0. The van der Waals surface area contributed by atoms with Gasteiger partial charge in [-0.25, -0.2) is 0 Å². The van der Waals surface area contributed by atoms with E-state index in [-0.39, 0.29) is 24.7 Å².